The van der Waals surface area contributed by atoms with E-state index in [1.807, 2.05) is 12.1 Å². The maximum atomic E-state index is 6.35. The molecule has 0 radical (unpaired) electrons. The Labute approximate surface area is 132 Å². The van der Waals surface area contributed by atoms with E-state index in [2.05, 4.69) is 30.0 Å². The molecule has 0 amide bonds. The molecule has 4 nitrogen and oxygen atoms in total. The van der Waals surface area contributed by atoms with E-state index < -0.39 is 0 Å². The van der Waals surface area contributed by atoms with E-state index >= 15 is 0 Å². The molecular weight excluding hydrogens is 276 g/mol. The normalized spacial score (nSPS) is 19.7. The lowest BCUT2D eigenvalue weighted by Crippen LogP contribution is -2.48. The van der Waals surface area contributed by atoms with E-state index in [0.717, 1.165) is 69.1 Å². The Bertz CT molecular complexity index is 534. The van der Waals surface area contributed by atoms with Gasteiger partial charge in [-0.1, -0.05) is 13.0 Å². The Balaban J connectivity index is 1.68. The molecule has 120 valence electrons. The Morgan fingerprint density at radius 1 is 1.32 bits per heavy atom. The highest BCUT2D eigenvalue weighted by molar-refractivity contribution is 5.63. The minimum atomic E-state index is -0.135. The van der Waals surface area contributed by atoms with E-state index in [-0.39, 0.29) is 5.60 Å². The van der Waals surface area contributed by atoms with Crippen LogP contribution in [0.1, 0.15) is 31.7 Å². The van der Waals surface area contributed by atoms with Gasteiger partial charge in [0.15, 0.2) is 0 Å². The average molecular weight is 302 g/mol. The largest absolute Gasteiger partial charge is 0.494 e. The first kappa shape index (κ1) is 15.4. The molecule has 0 unspecified atom stereocenters. The fourth-order valence-electron chi connectivity index (χ4n) is 3.16. The highest BCUT2D eigenvalue weighted by atomic mass is 16.5. The van der Waals surface area contributed by atoms with Crippen LogP contribution in [0.3, 0.4) is 0 Å². The topological polar surface area (TPSA) is 47.7 Å². The van der Waals surface area contributed by atoms with Gasteiger partial charge in [-0.2, -0.15) is 0 Å². The van der Waals surface area contributed by atoms with Crippen molar-refractivity contribution in [1.29, 1.82) is 0 Å². The second kappa shape index (κ2) is 6.71. The molecule has 0 aliphatic carbocycles. The van der Waals surface area contributed by atoms with Gasteiger partial charge in [0.05, 0.1) is 6.61 Å². The molecule has 2 aliphatic heterocycles. The third kappa shape index (κ3) is 3.28. The summed E-state index contributed by atoms with van der Waals surface area (Å²) in [6.45, 7) is 6.68. The standard InChI is InChI=1S/C18H26N2O2/c1-2-13-21-16-3-4-17-15(14-16)5-6-18(22-17)7-10-20(11-8-18)12-9-19/h3-6,14H,2,7-13,19H2,1H3. The molecule has 2 aliphatic rings. The van der Waals surface area contributed by atoms with Crippen LogP contribution in [0.25, 0.3) is 6.08 Å². The third-order valence-corrected chi connectivity index (χ3v) is 4.48. The first-order chi connectivity index (χ1) is 10.7. The molecule has 2 heterocycles. The predicted molar refractivity (Wildman–Crippen MR) is 89.3 cm³/mol. The first-order valence-corrected chi connectivity index (χ1v) is 8.32. The zero-order valence-corrected chi connectivity index (χ0v) is 13.4. The molecule has 2 N–H and O–H groups in total. The Morgan fingerprint density at radius 3 is 2.86 bits per heavy atom. The van der Waals surface area contributed by atoms with Gasteiger partial charge in [0.1, 0.15) is 17.1 Å². The van der Waals surface area contributed by atoms with Crippen molar-refractivity contribution in [3.05, 3.63) is 29.8 Å². The Kier molecular flexibility index (Phi) is 4.69. The second-order valence-corrected chi connectivity index (χ2v) is 6.18. The van der Waals surface area contributed by atoms with Gasteiger partial charge in [0, 0.05) is 44.6 Å². The second-order valence-electron chi connectivity index (χ2n) is 6.18. The lowest BCUT2D eigenvalue weighted by molar-refractivity contribution is 0.0398. The van der Waals surface area contributed by atoms with Crippen molar-refractivity contribution in [3.8, 4) is 11.5 Å². The lowest BCUT2D eigenvalue weighted by atomic mass is 9.88. The molecule has 1 spiro atoms. The summed E-state index contributed by atoms with van der Waals surface area (Å²) in [4.78, 5) is 2.42. The molecule has 0 saturated carbocycles. The van der Waals surface area contributed by atoms with Gasteiger partial charge in [-0.25, -0.2) is 0 Å². The van der Waals surface area contributed by atoms with Gasteiger partial charge in [0.2, 0.25) is 0 Å². The molecule has 3 rings (SSSR count). The van der Waals surface area contributed by atoms with Crippen LogP contribution >= 0.6 is 0 Å². The summed E-state index contributed by atoms with van der Waals surface area (Å²) in [6, 6.07) is 6.11. The Morgan fingerprint density at radius 2 is 2.14 bits per heavy atom. The summed E-state index contributed by atoms with van der Waals surface area (Å²) in [7, 11) is 0. The molecule has 1 aromatic carbocycles. The van der Waals surface area contributed by atoms with E-state index in [1.54, 1.807) is 0 Å². The molecule has 1 saturated heterocycles. The number of ether oxygens (including phenoxy) is 2. The first-order valence-electron chi connectivity index (χ1n) is 8.32. The summed E-state index contributed by atoms with van der Waals surface area (Å²) >= 11 is 0. The monoisotopic (exact) mass is 302 g/mol. The minimum absolute atomic E-state index is 0.135. The molecule has 1 aromatic rings. The van der Waals surface area contributed by atoms with Gasteiger partial charge in [-0.15, -0.1) is 0 Å². The van der Waals surface area contributed by atoms with Crippen LogP contribution in [0, 0.1) is 0 Å². The van der Waals surface area contributed by atoms with Crippen molar-refractivity contribution in [2.75, 3.05) is 32.8 Å². The van der Waals surface area contributed by atoms with Crippen molar-refractivity contribution in [3.63, 3.8) is 0 Å². The molecular formula is C18H26N2O2. The van der Waals surface area contributed by atoms with Gasteiger partial charge in [0.25, 0.3) is 0 Å². The summed E-state index contributed by atoms with van der Waals surface area (Å²) in [6.07, 6.45) is 7.49. The fraction of sp³-hybridized carbons (Fsp3) is 0.556. The molecule has 22 heavy (non-hydrogen) atoms. The minimum Gasteiger partial charge on any atom is -0.494 e. The van der Waals surface area contributed by atoms with Crippen LogP contribution in [0.2, 0.25) is 0 Å². The molecule has 0 bridgehead atoms. The van der Waals surface area contributed by atoms with E-state index in [4.69, 9.17) is 15.2 Å². The summed E-state index contributed by atoms with van der Waals surface area (Å²) in [5.41, 5.74) is 6.62. The van der Waals surface area contributed by atoms with Crippen molar-refractivity contribution in [2.24, 2.45) is 5.73 Å². The van der Waals surface area contributed by atoms with Crippen LogP contribution in [0.15, 0.2) is 24.3 Å². The number of benzene rings is 1. The van der Waals surface area contributed by atoms with Gasteiger partial charge in [-0.05, 0) is 30.7 Å². The maximum Gasteiger partial charge on any atom is 0.130 e. The number of rotatable bonds is 5. The quantitative estimate of drug-likeness (QED) is 0.908. The van der Waals surface area contributed by atoms with E-state index in [9.17, 15) is 0 Å². The van der Waals surface area contributed by atoms with E-state index in [0.29, 0.717) is 0 Å². The number of hydrogen-bond acceptors (Lipinski definition) is 4. The van der Waals surface area contributed by atoms with Gasteiger partial charge < -0.3 is 20.1 Å². The number of piperidine rings is 1. The molecule has 0 atom stereocenters. The fourth-order valence-corrected chi connectivity index (χ4v) is 3.16. The smallest absolute Gasteiger partial charge is 0.130 e. The van der Waals surface area contributed by atoms with Crippen LogP contribution in [-0.2, 0) is 0 Å². The summed E-state index contributed by atoms with van der Waals surface area (Å²) in [5, 5.41) is 0. The summed E-state index contributed by atoms with van der Waals surface area (Å²) in [5.74, 6) is 1.89. The number of likely N-dealkylation sites (tertiary alicyclic amines) is 1. The predicted octanol–water partition coefficient (Wildman–Crippen LogP) is 2.67. The van der Waals surface area contributed by atoms with Crippen molar-refractivity contribution in [2.45, 2.75) is 31.8 Å². The number of hydrogen-bond donors (Lipinski definition) is 1. The molecule has 1 fully saturated rings. The van der Waals surface area contributed by atoms with Gasteiger partial charge in [-0.3, -0.25) is 0 Å². The highest BCUT2D eigenvalue weighted by Gasteiger charge is 2.36. The van der Waals surface area contributed by atoms with Crippen molar-refractivity contribution in [1.82, 2.24) is 4.90 Å². The van der Waals surface area contributed by atoms with Crippen LogP contribution in [-0.4, -0.2) is 43.3 Å². The van der Waals surface area contributed by atoms with Crippen LogP contribution in [0.4, 0.5) is 0 Å². The van der Waals surface area contributed by atoms with Crippen LogP contribution < -0.4 is 15.2 Å². The zero-order chi connectivity index (χ0) is 15.4. The Hall–Kier alpha value is -1.52. The third-order valence-electron chi connectivity index (χ3n) is 4.48. The van der Waals surface area contributed by atoms with Gasteiger partial charge >= 0.3 is 0 Å². The average Bonchev–Trinajstić information content (AvgIpc) is 2.55. The maximum absolute atomic E-state index is 6.35. The van der Waals surface area contributed by atoms with E-state index in [1.165, 1.54) is 0 Å². The molecule has 4 heteroatoms. The number of fused-ring (bicyclic) bond motifs is 1. The highest BCUT2D eigenvalue weighted by Crippen LogP contribution is 2.38. The lowest BCUT2D eigenvalue weighted by Gasteiger charge is -2.41. The summed E-state index contributed by atoms with van der Waals surface area (Å²) < 4.78 is 12.0. The van der Waals surface area contributed by atoms with Crippen molar-refractivity contribution < 1.29 is 9.47 Å². The number of nitrogens with zero attached hydrogens (tertiary/aromatic N) is 1. The zero-order valence-electron chi connectivity index (χ0n) is 13.4. The number of nitrogens with two attached hydrogens (primary N) is 1. The molecule has 0 aromatic heterocycles. The van der Waals surface area contributed by atoms with Crippen LogP contribution in [0.5, 0.6) is 11.5 Å². The SMILES string of the molecule is CCCOc1ccc2c(c1)C=CC1(CCN(CCN)CC1)O2. The van der Waals surface area contributed by atoms with Crippen molar-refractivity contribution >= 4 is 6.08 Å².